The van der Waals surface area contributed by atoms with Gasteiger partial charge in [0.2, 0.25) is 0 Å². The number of hydrogen-bond donors (Lipinski definition) is 2. The van der Waals surface area contributed by atoms with Crippen LogP contribution in [-0.4, -0.2) is 39.5 Å². The summed E-state index contributed by atoms with van der Waals surface area (Å²) in [7, 11) is 0. The lowest BCUT2D eigenvalue weighted by Gasteiger charge is -2.24. The van der Waals surface area contributed by atoms with Gasteiger partial charge in [0.15, 0.2) is 0 Å². The number of carboxylic acids is 1. The summed E-state index contributed by atoms with van der Waals surface area (Å²) in [5, 5.41) is 8.97. The van der Waals surface area contributed by atoms with Crippen LogP contribution in [0.3, 0.4) is 0 Å². The number of aliphatic carboxylic acids is 1. The van der Waals surface area contributed by atoms with E-state index in [1.54, 1.807) is 11.8 Å². The molecule has 0 saturated heterocycles. The summed E-state index contributed by atoms with van der Waals surface area (Å²) in [4.78, 5) is 38.7. The van der Waals surface area contributed by atoms with Crippen molar-refractivity contribution in [2.45, 2.75) is 25.8 Å². The molecule has 0 bridgehead atoms. The average Bonchev–Trinajstić information content (AvgIpc) is 3.22. The molecule has 1 aromatic rings. The van der Waals surface area contributed by atoms with Crippen LogP contribution in [0, 0.1) is 5.92 Å². The Morgan fingerprint density at radius 2 is 2.20 bits per heavy atom. The highest BCUT2D eigenvalue weighted by molar-refractivity contribution is 9.10. The van der Waals surface area contributed by atoms with Gasteiger partial charge in [-0.1, -0.05) is 6.92 Å². The van der Waals surface area contributed by atoms with E-state index in [9.17, 15) is 14.4 Å². The number of amides is 1. The molecule has 1 saturated carbocycles. The molecule has 0 aromatic carbocycles. The van der Waals surface area contributed by atoms with Crippen LogP contribution in [0.4, 0.5) is 0 Å². The van der Waals surface area contributed by atoms with Gasteiger partial charge in [-0.15, -0.1) is 0 Å². The highest BCUT2D eigenvalue weighted by atomic mass is 79.9. The lowest BCUT2D eigenvalue weighted by Crippen LogP contribution is -2.38. The molecule has 1 heterocycles. The highest BCUT2D eigenvalue weighted by Crippen LogP contribution is 2.29. The van der Waals surface area contributed by atoms with Crippen LogP contribution >= 0.6 is 15.9 Å². The fourth-order valence-corrected chi connectivity index (χ4v) is 2.26. The van der Waals surface area contributed by atoms with E-state index >= 15 is 0 Å². The summed E-state index contributed by atoms with van der Waals surface area (Å²) in [5.74, 6) is -1.80. The topological polar surface area (TPSA) is 90.5 Å². The summed E-state index contributed by atoms with van der Waals surface area (Å²) in [6, 6.07) is 1.57. The largest absolute Gasteiger partial charge is 0.481 e. The number of rotatable bonds is 5. The molecule has 20 heavy (non-hydrogen) atoms. The van der Waals surface area contributed by atoms with Gasteiger partial charge in [0.1, 0.15) is 0 Å². The van der Waals surface area contributed by atoms with Gasteiger partial charge in [-0.2, -0.15) is 0 Å². The molecule has 1 aliphatic carbocycles. The third-order valence-corrected chi connectivity index (χ3v) is 3.83. The van der Waals surface area contributed by atoms with Crippen LogP contribution in [-0.2, 0) is 4.79 Å². The molecule has 0 unspecified atom stereocenters. The van der Waals surface area contributed by atoms with Gasteiger partial charge in [-0.25, -0.2) is 0 Å². The Balaban J connectivity index is 2.20. The van der Waals surface area contributed by atoms with Crippen LogP contribution < -0.4 is 5.56 Å². The van der Waals surface area contributed by atoms with Crippen molar-refractivity contribution in [2.24, 2.45) is 5.92 Å². The fraction of sp³-hybridized carbons (Fsp3) is 0.462. The van der Waals surface area contributed by atoms with Crippen molar-refractivity contribution in [1.29, 1.82) is 0 Å². The van der Waals surface area contributed by atoms with Gasteiger partial charge in [0.25, 0.3) is 11.5 Å². The SMILES string of the molecule is C[C@@H](CN(C(=O)c1c[nH]c(=O)c(Br)c1)C1CC1)C(=O)O. The molecule has 1 aliphatic rings. The molecule has 0 aliphatic heterocycles. The molecular weight excluding hydrogens is 328 g/mol. The number of H-pyrrole nitrogens is 1. The predicted molar refractivity (Wildman–Crippen MR) is 75.6 cm³/mol. The monoisotopic (exact) mass is 342 g/mol. The van der Waals surface area contributed by atoms with E-state index in [1.165, 1.54) is 12.3 Å². The Bertz CT molecular complexity index is 594. The minimum absolute atomic E-state index is 0.106. The van der Waals surface area contributed by atoms with E-state index in [1.807, 2.05) is 0 Å². The van der Waals surface area contributed by atoms with Crippen LogP contribution in [0.5, 0.6) is 0 Å². The predicted octanol–water partition coefficient (Wildman–Crippen LogP) is 1.46. The Kier molecular flexibility index (Phi) is 4.27. The molecule has 2 rings (SSSR count). The number of carboxylic acid groups (broad SMARTS) is 1. The number of pyridine rings is 1. The Labute approximate surface area is 123 Å². The highest BCUT2D eigenvalue weighted by Gasteiger charge is 2.35. The molecule has 1 aromatic heterocycles. The molecule has 7 heteroatoms. The minimum Gasteiger partial charge on any atom is -0.481 e. The van der Waals surface area contributed by atoms with Crippen LogP contribution in [0.15, 0.2) is 21.5 Å². The van der Waals surface area contributed by atoms with Gasteiger partial charge in [0.05, 0.1) is 16.0 Å². The second-order valence-corrected chi connectivity index (χ2v) is 5.85. The zero-order valence-electron chi connectivity index (χ0n) is 10.9. The number of hydrogen-bond acceptors (Lipinski definition) is 3. The van der Waals surface area contributed by atoms with Gasteiger partial charge in [-0.05, 0) is 34.8 Å². The number of carbonyl (C=O) groups is 2. The summed E-state index contributed by atoms with van der Waals surface area (Å²) < 4.78 is 0.283. The minimum atomic E-state index is -0.925. The zero-order chi connectivity index (χ0) is 14.9. The first kappa shape index (κ1) is 14.8. The second-order valence-electron chi connectivity index (χ2n) is 4.99. The van der Waals surface area contributed by atoms with Crippen LogP contribution in [0.1, 0.15) is 30.1 Å². The molecular formula is C13H15BrN2O4. The number of carbonyl (C=O) groups excluding carboxylic acids is 1. The molecule has 0 radical (unpaired) electrons. The smallest absolute Gasteiger partial charge is 0.308 e. The molecule has 6 nitrogen and oxygen atoms in total. The first-order chi connectivity index (χ1) is 9.40. The molecule has 0 spiro atoms. The van der Waals surface area contributed by atoms with E-state index in [0.717, 1.165) is 12.8 Å². The van der Waals surface area contributed by atoms with Crippen LogP contribution in [0.25, 0.3) is 0 Å². The lowest BCUT2D eigenvalue weighted by molar-refractivity contribution is -0.141. The van der Waals surface area contributed by atoms with Gasteiger partial charge < -0.3 is 15.0 Å². The molecule has 1 atom stereocenters. The van der Waals surface area contributed by atoms with Crippen molar-refractivity contribution in [1.82, 2.24) is 9.88 Å². The Morgan fingerprint density at radius 1 is 1.55 bits per heavy atom. The van der Waals surface area contributed by atoms with Crippen molar-refractivity contribution in [2.75, 3.05) is 6.54 Å². The lowest BCUT2D eigenvalue weighted by atomic mass is 10.1. The van der Waals surface area contributed by atoms with Gasteiger partial charge >= 0.3 is 5.97 Å². The van der Waals surface area contributed by atoms with E-state index in [0.29, 0.717) is 5.56 Å². The first-order valence-corrected chi connectivity index (χ1v) is 7.11. The van der Waals surface area contributed by atoms with Crippen molar-refractivity contribution in [3.8, 4) is 0 Å². The maximum absolute atomic E-state index is 12.4. The maximum Gasteiger partial charge on any atom is 0.308 e. The van der Waals surface area contributed by atoms with Crippen molar-refractivity contribution in [3.63, 3.8) is 0 Å². The van der Waals surface area contributed by atoms with E-state index < -0.39 is 11.9 Å². The molecule has 2 N–H and O–H groups in total. The number of halogens is 1. The van der Waals surface area contributed by atoms with Crippen molar-refractivity contribution >= 4 is 27.8 Å². The maximum atomic E-state index is 12.4. The summed E-state index contributed by atoms with van der Waals surface area (Å²) in [6.07, 6.45) is 3.14. The number of aromatic amines is 1. The van der Waals surface area contributed by atoms with Crippen molar-refractivity contribution < 1.29 is 14.7 Å². The zero-order valence-corrected chi connectivity index (χ0v) is 12.5. The molecule has 108 valence electrons. The average molecular weight is 343 g/mol. The first-order valence-electron chi connectivity index (χ1n) is 6.32. The third-order valence-electron chi connectivity index (χ3n) is 3.25. The van der Waals surface area contributed by atoms with Crippen LogP contribution in [0.2, 0.25) is 0 Å². The summed E-state index contributed by atoms with van der Waals surface area (Å²) in [5.41, 5.74) is 0.0411. The van der Waals surface area contributed by atoms with Gasteiger partial charge in [-0.3, -0.25) is 14.4 Å². The standard InChI is InChI=1S/C13H15BrN2O4/c1-7(13(19)20)6-16(9-2-3-9)12(18)8-4-10(14)11(17)15-5-8/h4-5,7,9H,2-3,6H2,1H3,(H,15,17)(H,19,20)/t7-/m0/s1. The number of nitrogens with one attached hydrogen (secondary N) is 1. The fourth-order valence-electron chi connectivity index (χ4n) is 1.90. The Morgan fingerprint density at radius 3 is 2.70 bits per heavy atom. The van der Waals surface area contributed by atoms with Gasteiger partial charge in [0, 0.05) is 18.8 Å². The van der Waals surface area contributed by atoms with Crippen molar-refractivity contribution in [3.05, 3.63) is 32.7 Å². The number of nitrogens with zero attached hydrogens (tertiary/aromatic N) is 1. The number of aromatic nitrogens is 1. The van der Waals surface area contributed by atoms with E-state index in [2.05, 4.69) is 20.9 Å². The summed E-state index contributed by atoms with van der Waals surface area (Å²) >= 11 is 3.08. The van der Waals surface area contributed by atoms with E-state index in [4.69, 9.17) is 5.11 Å². The Hall–Kier alpha value is -1.63. The molecule has 1 fully saturated rings. The summed E-state index contributed by atoms with van der Waals surface area (Å²) in [6.45, 7) is 1.75. The molecule has 1 amide bonds. The van der Waals surface area contributed by atoms with E-state index in [-0.39, 0.29) is 28.5 Å². The second kappa shape index (κ2) is 5.78. The normalized spacial score (nSPS) is 15.7. The third kappa shape index (κ3) is 3.27. The quantitative estimate of drug-likeness (QED) is 0.847.